The second-order valence-electron chi connectivity index (χ2n) is 8.13. The zero-order chi connectivity index (χ0) is 22.3. The summed E-state index contributed by atoms with van der Waals surface area (Å²) in [6, 6.07) is 11.0. The molecule has 1 saturated heterocycles. The predicted octanol–water partition coefficient (Wildman–Crippen LogP) is 2.13. The van der Waals surface area contributed by atoms with E-state index >= 15 is 0 Å². The number of aromatic nitrogens is 1. The van der Waals surface area contributed by atoms with Crippen LogP contribution in [-0.4, -0.2) is 85.3 Å². The summed E-state index contributed by atoms with van der Waals surface area (Å²) in [6.45, 7) is 6.46. The quantitative estimate of drug-likeness (QED) is 0.696. The van der Waals surface area contributed by atoms with Gasteiger partial charge in [0, 0.05) is 63.5 Å². The van der Waals surface area contributed by atoms with E-state index < -0.39 is 0 Å². The van der Waals surface area contributed by atoms with Gasteiger partial charge in [-0.2, -0.15) is 0 Å². The number of piperazine rings is 1. The van der Waals surface area contributed by atoms with E-state index in [1.165, 1.54) is 0 Å². The lowest BCUT2D eigenvalue weighted by Crippen LogP contribution is -2.47. The van der Waals surface area contributed by atoms with Crippen molar-refractivity contribution in [3.05, 3.63) is 48.2 Å². The molecule has 2 aliphatic rings. The smallest absolute Gasteiger partial charge is 0.326 e. The van der Waals surface area contributed by atoms with E-state index in [0.29, 0.717) is 25.2 Å². The molecule has 1 aromatic carbocycles. The van der Waals surface area contributed by atoms with Crippen LogP contribution in [0.2, 0.25) is 0 Å². The molecule has 0 aliphatic carbocycles. The Bertz CT molecular complexity index is 930. The Labute approximate surface area is 193 Å². The Balaban J connectivity index is 1.23. The highest BCUT2D eigenvalue weighted by atomic mass is 32.2. The number of anilines is 2. The third-order valence-corrected chi connectivity index (χ3v) is 6.73. The molecular weight excluding hydrogens is 424 g/mol. The maximum atomic E-state index is 12.8. The first-order valence-electron chi connectivity index (χ1n) is 11.0. The van der Waals surface area contributed by atoms with Crippen molar-refractivity contribution >= 4 is 35.1 Å². The summed E-state index contributed by atoms with van der Waals surface area (Å²) < 4.78 is 0. The van der Waals surface area contributed by atoms with Gasteiger partial charge in [-0.1, -0.05) is 12.1 Å². The lowest BCUT2D eigenvalue weighted by Gasteiger charge is -2.32. The molecular formula is C23H30N6O2S. The molecule has 0 spiro atoms. The van der Waals surface area contributed by atoms with Gasteiger partial charge in [-0.3, -0.25) is 14.6 Å². The number of nitrogens with zero attached hydrogens (tertiary/aromatic N) is 4. The van der Waals surface area contributed by atoms with E-state index in [-0.39, 0.29) is 11.9 Å². The summed E-state index contributed by atoms with van der Waals surface area (Å²) in [7, 11) is 2.14. The third-order valence-electron chi connectivity index (χ3n) is 5.76. The summed E-state index contributed by atoms with van der Waals surface area (Å²) in [6.07, 6.45) is 2.08. The topological polar surface area (TPSA) is 80.8 Å². The average Bonchev–Trinajstić information content (AvgIpc) is 2.81. The second-order valence-corrected chi connectivity index (χ2v) is 9.21. The minimum absolute atomic E-state index is 0.0193. The largest absolute Gasteiger partial charge is 0.355 e. The number of carbonyl (C=O) groups is 2. The van der Waals surface area contributed by atoms with Crippen LogP contribution < -0.4 is 15.5 Å². The van der Waals surface area contributed by atoms with Gasteiger partial charge in [-0.25, -0.2) is 9.78 Å². The maximum Gasteiger partial charge on any atom is 0.326 e. The van der Waals surface area contributed by atoms with E-state index in [9.17, 15) is 9.59 Å². The summed E-state index contributed by atoms with van der Waals surface area (Å²) in [4.78, 5) is 35.8. The number of hydrogen-bond donors (Lipinski definition) is 2. The molecule has 0 unspecified atom stereocenters. The number of pyridine rings is 1. The van der Waals surface area contributed by atoms with Gasteiger partial charge >= 0.3 is 6.03 Å². The summed E-state index contributed by atoms with van der Waals surface area (Å²) in [5, 5.41) is 6.84. The number of amides is 3. The highest BCUT2D eigenvalue weighted by molar-refractivity contribution is 7.99. The van der Waals surface area contributed by atoms with Crippen molar-refractivity contribution in [1.29, 1.82) is 0 Å². The molecule has 9 heteroatoms. The van der Waals surface area contributed by atoms with E-state index in [1.807, 2.05) is 36.4 Å². The van der Waals surface area contributed by atoms with Crippen molar-refractivity contribution in [2.24, 2.45) is 0 Å². The first-order chi connectivity index (χ1) is 15.6. The summed E-state index contributed by atoms with van der Waals surface area (Å²) in [5.41, 5.74) is 2.47. The van der Waals surface area contributed by atoms with Gasteiger partial charge in [0.2, 0.25) is 5.91 Å². The number of thioether (sulfide) groups is 1. The Hall–Kier alpha value is -2.62. The number of hydrogen-bond acceptors (Lipinski definition) is 6. The van der Waals surface area contributed by atoms with Crippen LogP contribution in [0.5, 0.6) is 0 Å². The van der Waals surface area contributed by atoms with Crippen molar-refractivity contribution in [2.75, 3.05) is 68.8 Å². The highest BCUT2D eigenvalue weighted by Gasteiger charge is 2.23. The summed E-state index contributed by atoms with van der Waals surface area (Å²) >= 11 is 1.66. The van der Waals surface area contributed by atoms with Crippen LogP contribution in [0.3, 0.4) is 0 Å². The molecule has 2 N–H and O–H groups in total. The lowest BCUT2D eigenvalue weighted by molar-refractivity contribution is -0.120. The van der Waals surface area contributed by atoms with Crippen LogP contribution in [-0.2, 0) is 11.2 Å². The summed E-state index contributed by atoms with van der Waals surface area (Å²) in [5.74, 6) is 0.839. The monoisotopic (exact) mass is 454 g/mol. The molecule has 3 heterocycles. The predicted molar refractivity (Wildman–Crippen MR) is 128 cm³/mol. The molecule has 0 radical (unpaired) electrons. The van der Waals surface area contributed by atoms with Crippen molar-refractivity contribution in [2.45, 2.75) is 11.4 Å². The van der Waals surface area contributed by atoms with E-state index in [0.717, 1.165) is 54.8 Å². The number of carbonyl (C=O) groups excluding carboxylic acids is 2. The van der Waals surface area contributed by atoms with Gasteiger partial charge in [-0.15, -0.1) is 11.8 Å². The minimum Gasteiger partial charge on any atom is -0.355 e. The van der Waals surface area contributed by atoms with Gasteiger partial charge in [0.25, 0.3) is 0 Å². The van der Waals surface area contributed by atoms with Gasteiger partial charge in [0.05, 0.1) is 12.1 Å². The number of rotatable bonds is 6. The molecule has 170 valence electrons. The fourth-order valence-corrected chi connectivity index (χ4v) is 4.76. The van der Waals surface area contributed by atoms with E-state index in [1.54, 1.807) is 22.9 Å². The Kier molecular flexibility index (Phi) is 7.62. The van der Waals surface area contributed by atoms with E-state index in [4.69, 9.17) is 0 Å². The van der Waals surface area contributed by atoms with Crippen molar-refractivity contribution in [3.63, 3.8) is 0 Å². The van der Waals surface area contributed by atoms with Crippen molar-refractivity contribution < 1.29 is 9.59 Å². The number of benzene rings is 1. The molecule has 1 fully saturated rings. The first-order valence-corrected chi connectivity index (χ1v) is 12.0. The normalized spacial score (nSPS) is 17.0. The SMILES string of the molecule is CN1CCN(CCNC(=O)Cc2ccc(NC(=O)N3CCSc4ncccc43)cc2)CC1. The molecule has 2 aliphatic heterocycles. The molecule has 0 bridgehead atoms. The molecule has 1 aromatic heterocycles. The van der Waals surface area contributed by atoms with Crippen LogP contribution in [0.25, 0.3) is 0 Å². The molecule has 2 aromatic rings. The number of urea groups is 1. The molecule has 0 atom stereocenters. The Morgan fingerprint density at radius 2 is 1.84 bits per heavy atom. The molecule has 8 nitrogen and oxygen atoms in total. The van der Waals surface area contributed by atoms with Gasteiger partial charge in [0.15, 0.2) is 0 Å². The molecule has 3 amide bonds. The van der Waals surface area contributed by atoms with Gasteiger partial charge in [-0.05, 0) is 36.9 Å². The number of nitrogens with one attached hydrogen (secondary N) is 2. The Morgan fingerprint density at radius 1 is 1.06 bits per heavy atom. The van der Waals surface area contributed by atoms with Crippen molar-refractivity contribution in [1.82, 2.24) is 20.1 Å². The first kappa shape index (κ1) is 22.6. The zero-order valence-electron chi connectivity index (χ0n) is 18.4. The number of fused-ring (bicyclic) bond motifs is 1. The van der Waals surface area contributed by atoms with Crippen molar-refractivity contribution in [3.8, 4) is 0 Å². The van der Waals surface area contributed by atoms with Crippen LogP contribution in [0.1, 0.15) is 5.56 Å². The number of likely N-dealkylation sites (N-methyl/N-ethyl adjacent to an activating group) is 1. The molecule has 0 saturated carbocycles. The standard InChI is InChI=1S/C23H30N6O2S/c1-27-11-13-28(14-12-27)10-9-24-21(30)17-18-4-6-19(7-5-18)26-23(31)29-15-16-32-22-20(29)3-2-8-25-22/h2-8H,9-17H2,1H3,(H,24,30)(H,26,31). The minimum atomic E-state index is -0.172. The average molecular weight is 455 g/mol. The highest BCUT2D eigenvalue weighted by Crippen LogP contribution is 2.32. The molecule has 4 rings (SSSR count). The fourth-order valence-electron chi connectivity index (χ4n) is 3.83. The Morgan fingerprint density at radius 3 is 2.62 bits per heavy atom. The van der Waals surface area contributed by atoms with Crippen LogP contribution in [0.15, 0.2) is 47.6 Å². The third kappa shape index (κ3) is 5.99. The second kappa shape index (κ2) is 10.8. The van der Waals surface area contributed by atoms with Crippen LogP contribution >= 0.6 is 11.8 Å². The fraction of sp³-hybridized carbons (Fsp3) is 0.435. The van der Waals surface area contributed by atoms with Crippen LogP contribution in [0, 0.1) is 0 Å². The molecule has 32 heavy (non-hydrogen) atoms. The van der Waals surface area contributed by atoms with Gasteiger partial charge < -0.3 is 15.5 Å². The van der Waals surface area contributed by atoms with E-state index in [2.05, 4.69) is 32.5 Å². The lowest BCUT2D eigenvalue weighted by atomic mass is 10.1. The maximum absolute atomic E-state index is 12.8. The zero-order valence-corrected chi connectivity index (χ0v) is 19.2. The van der Waals surface area contributed by atoms with Crippen LogP contribution in [0.4, 0.5) is 16.2 Å². The van der Waals surface area contributed by atoms with Gasteiger partial charge in [0.1, 0.15) is 5.03 Å².